The molecular weight excluding hydrogens is 292 g/mol. The summed E-state index contributed by atoms with van der Waals surface area (Å²) in [5.74, 6) is 1.22. The minimum atomic E-state index is -0.0769. The molecular formula is C17H22N4O2. The molecule has 0 aromatic carbocycles. The van der Waals surface area contributed by atoms with Crippen molar-refractivity contribution in [2.75, 3.05) is 5.32 Å². The first kappa shape index (κ1) is 14.5. The standard InChI is InChI=1S/C17H22N4O2/c1-10-12(15(22)20-11-5-3-4-6-11)13-14(21-17(2)7-8-17)18-9-19-16(13)23-10/h9,11H,3-8H2,1-2H3,(H,20,22)(H,18,19,21). The van der Waals surface area contributed by atoms with E-state index in [1.54, 1.807) is 0 Å². The van der Waals surface area contributed by atoms with Gasteiger partial charge >= 0.3 is 0 Å². The maximum atomic E-state index is 12.8. The number of carbonyl (C=O) groups excluding carboxylic acids is 1. The highest BCUT2D eigenvalue weighted by Gasteiger charge is 2.38. The summed E-state index contributed by atoms with van der Waals surface area (Å²) in [5, 5.41) is 7.29. The lowest BCUT2D eigenvalue weighted by molar-refractivity contribution is 0.0938. The fourth-order valence-electron chi connectivity index (χ4n) is 3.34. The van der Waals surface area contributed by atoms with Crippen LogP contribution in [0.1, 0.15) is 61.6 Å². The number of rotatable bonds is 4. The molecule has 4 rings (SSSR count). The van der Waals surface area contributed by atoms with E-state index in [0.717, 1.165) is 25.7 Å². The zero-order valence-electron chi connectivity index (χ0n) is 13.6. The van der Waals surface area contributed by atoms with Crippen LogP contribution < -0.4 is 10.6 Å². The molecule has 23 heavy (non-hydrogen) atoms. The third-order valence-electron chi connectivity index (χ3n) is 5.00. The molecule has 2 heterocycles. The van der Waals surface area contributed by atoms with Crippen LogP contribution >= 0.6 is 0 Å². The Morgan fingerprint density at radius 2 is 2.04 bits per heavy atom. The van der Waals surface area contributed by atoms with Crippen LogP contribution in [0.3, 0.4) is 0 Å². The lowest BCUT2D eigenvalue weighted by Gasteiger charge is -2.14. The Kier molecular flexibility index (Phi) is 3.28. The molecule has 0 aliphatic heterocycles. The van der Waals surface area contributed by atoms with Gasteiger partial charge in [0.2, 0.25) is 5.71 Å². The molecule has 0 atom stereocenters. The number of anilines is 1. The van der Waals surface area contributed by atoms with Gasteiger partial charge in [0.15, 0.2) is 0 Å². The van der Waals surface area contributed by atoms with Crippen molar-refractivity contribution in [2.24, 2.45) is 0 Å². The van der Waals surface area contributed by atoms with Crippen molar-refractivity contribution in [3.63, 3.8) is 0 Å². The SMILES string of the molecule is Cc1oc2ncnc(NC3(C)CC3)c2c1C(=O)NC1CCCC1. The van der Waals surface area contributed by atoms with Gasteiger partial charge in [-0.3, -0.25) is 4.79 Å². The molecule has 6 nitrogen and oxygen atoms in total. The Balaban J connectivity index is 1.72. The Labute approximate surface area is 135 Å². The minimum Gasteiger partial charge on any atom is -0.442 e. The monoisotopic (exact) mass is 314 g/mol. The summed E-state index contributed by atoms with van der Waals surface area (Å²) in [4.78, 5) is 21.3. The predicted octanol–water partition coefficient (Wildman–Crippen LogP) is 3.17. The van der Waals surface area contributed by atoms with Crippen LogP contribution in [0.2, 0.25) is 0 Å². The first-order valence-electron chi connectivity index (χ1n) is 8.39. The van der Waals surface area contributed by atoms with E-state index in [9.17, 15) is 4.79 Å². The second-order valence-corrected chi connectivity index (χ2v) is 7.08. The molecule has 2 aromatic heterocycles. The van der Waals surface area contributed by atoms with Gasteiger partial charge < -0.3 is 15.1 Å². The highest BCUT2D eigenvalue weighted by Crippen LogP contribution is 2.40. The first-order chi connectivity index (χ1) is 11.1. The van der Waals surface area contributed by atoms with E-state index in [1.165, 1.54) is 19.2 Å². The van der Waals surface area contributed by atoms with Gasteiger partial charge in [0, 0.05) is 11.6 Å². The molecule has 0 radical (unpaired) electrons. The van der Waals surface area contributed by atoms with E-state index in [-0.39, 0.29) is 17.5 Å². The average molecular weight is 314 g/mol. The lowest BCUT2D eigenvalue weighted by atomic mass is 10.1. The Bertz CT molecular complexity index is 757. The van der Waals surface area contributed by atoms with Crippen molar-refractivity contribution in [1.29, 1.82) is 0 Å². The summed E-state index contributed by atoms with van der Waals surface area (Å²) in [6, 6.07) is 0.272. The number of hydrogen-bond donors (Lipinski definition) is 2. The minimum absolute atomic E-state index is 0.0751. The fourth-order valence-corrected chi connectivity index (χ4v) is 3.34. The van der Waals surface area contributed by atoms with Gasteiger partial charge in [-0.15, -0.1) is 0 Å². The van der Waals surface area contributed by atoms with Crippen LogP contribution in [-0.2, 0) is 0 Å². The fraction of sp³-hybridized carbons (Fsp3) is 0.588. The number of furan rings is 1. The maximum absolute atomic E-state index is 12.8. The molecule has 2 aromatic rings. The van der Waals surface area contributed by atoms with E-state index in [0.29, 0.717) is 28.2 Å². The van der Waals surface area contributed by atoms with Crippen molar-refractivity contribution in [2.45, 2.75) is 64.0 Å². The van der Waals surface area contributed by atoms with Crippen molar-refractivity contribution in [1.82, 2.24) is 15.3 Å². The van der Waals surface area contributed by atoms with Crippen LogP contribution in [-0.4, -0.2) is 27.5 Å². The summed E-state index contributed by atoms with van der Waals surface area (Å²) in [6.07, 6.45) is 8.19. The smallest absolute Gasteiger partial charge is 0.255 e. The largest absolute Gasteiger partial charge is 0.442 e. The summed E-state index contributed by atoms with van der Waals surface area (Å²) in [7, 11) is 0. The van der Waals surface area contributed by atoms with Gasteiger partial charge in [-0.25, -0.2) is 9.97 Å². The molecule has 2 aliphatic carbocycles. The second kappa shape index (κ2) is 5.22. The Morgan fingerprint density at radius 3 is 2.74 bits per heavy atom. The highest BCUT2D eigenvalue weighted by molar-refractivity contribution is 6.10. The molecule has 2 N–H and O–H groups in total. The number of amides is 1. The van der Waals surface area contributed by atoms with Gasteiger partial charge in [0.05, 0.1) is 10.9 Å². The van der Waals surface area contributed by atoms with Crippen LogP contribution in [0.15, 0.2) is 10.7 Å². The third-order valence-corrected chi connectivity index (χ3v) is 5.00. The Morgan fingerprint density at radius 1 is 1.30 bits per heavy atom. The highest BCUT2D eigenvalue weighted by atomic mass is 16.3. The van der Waals surface area contributed by atoms with Gasteiger partial charge in [-0.05, 0) is 39.5 Å². The first-order valence-corrected chi connectivity index (χ1v) is 8.39. The van der Waals surface area contributed by atoms with E-state index in [2.05, 4.69) is 27.5 Å². The molecule has 0 spiro atoms. The van der Waals surface area contributed by atoms with Crippen molar-refractivity contribution < 1.29 is 9.21 Å². The van der Waals surface area contributed by atoms with Crippen molar-refractivity contribution >= 4 is 22.8 Å². The number of aromatic nitrogens is 2. The summed E-state index contributed by atoms with van der Waals surface area (Å²) < 4.78 is 5.71. The number of nitrogens with zero attached hydrogens (tertiary/aromatic N) is 2. The number of fused-ring (bicyclic) bond motifs is 1. The average Bonchev–Trinajstić information content (AvgIpc) is 2.91. The molecule has 0 bridgehead atoms. The zero-order chi connectivity index (χ0) is 16.0. The molecule has 2 aliphatic rings. The van der Waals surface area contributed by atoms with E-state index < -0.39 is 0 Å². The predicted molar refractivity (Wildman–Crippen MR) is 87.5 cm³/mol. The quantitative estimate of drug-likeness (QED) is 0.906. The van der Waals surface area contributed by atoms with Gasteiger partial charge in [0.1, 0.15) is 17.9 Å². The third kappa shape index (κ3) is 2.66. The van der Waals surface area contributed by atoms with Crippen molar-refractivity contribution in [3.8, 4) is 0 Å². The van der Waals surface area contributed by atoms with Gasteiger partial charge in [-0.1, -0.05) is 12.8 Å². The van der Waals surface area contributed by atoms with Gasteiger partial charge in [-0.2, -0.15) is 0 Å². The van der Waals surface area contributed by atoms with Crippen LogP contribution in [0.4, 0.5) is 5.82 Å². The topological polar surface area (TPSA) is 80.1 Å². The van der Waals surface area contributed by atoms with Crippen LogP contribution in [0.5, 0.6) is 0 Å². The number of hydrogen-bond acceptors (Lipinski definition) is 5. The second-order valence-electron chi connectivity index (χ2n) is 7.08. The molecule has 2 saturated carbocycles. The van der Waals surface area contributed by atoms with Gasteiger partial charge in [0.25, 0.3) is 5.91 Å². The maximum Gasteiger partial charge on any atom is 0.255 e. The Hall–Kier alpha value is -2.11. The molecule has 2 fully saturated rings. The normalized spacial score (nSPS) is 19.9. The summed E-state index contributed by atoms with van der Waals surface area (Å²) in [5.41, 5.74) is 1.12. The van der Waals surface area contributed by atoms with Crippen molar-refractivity contribution in [3.05, 3.63) is 17.7 Å². The molecule has 0 saturated heterocycles. The van der Waals surface area contributed by atoms with Crippen LogP contribution in [0, 0.1) is 6.92 Å². The molecule has 1 amide bonds. The molecule has 122 valence electrons. The lowest BCUT2D eigenvalue weighted by Crippen LogP contribution is -2.33. The number of aryl methyl sites for hydroxylation is 1. The summed E-state index contributed by atoms with van der Waals surface area (Å²) >= 11 is 0. The number of carbonyl (C=O) groups is 1. The van der Waals surface area contributed by atoms with E-state index in [4.69, 9.17) is 4.42 Å². The van der Waals surface area contributed by atoms with Crippen LogP contribution in [0.25, 0.3) is 11.1 Å². The van der Waals surface area contributed by atoms with E-state index >= 15 is 0 Å². The zero-order valence-corrected chi connectivity index (χ0v) is 13.6. The van der Waals surface area contributed by atoms with E-state index in [1.807, 2.05) is 6.92 Å². The summed E-state index contributed by atoms with van der Waals surface area (Å²) in [6.45, 7) is 3.97. The number of nitrogens with one attached hydrogen (secondary N) is 2. The molecule has 0 unspecified atom stereocenters. The molecule has 6 heteroatoms.